The fourth-order valence-electron chi connectivity index (χ4n) is 3.15. The number of hydrogen-bond acceptors (Lipinski definition) is 2. The van der Waals surface area contributed by atoms with E-state index in [4.69, 9.17) is 5.73 Å². The van der Waals surface area contributed by atoms with Crippen LogP contribution in [0.4, 0.5) is 0 Å². The van der Waals surface area contributed by atoms with E-state index in [1.54, 1.807) is 0 Å². The fraction of sp³-hybridized carbons (Fsp3) is 0.625. The largest absolute Gasteiger partial charge is 0.328 e. The number of benzene rings is 1. The SMILES string of the molecule is Cc1cc(C)c(CN2CCC(N)CC2C)c(C)c1. The molecule has 1 aromatic rings. The van der Waals surface area contributed by atoms with Gasteiger partial charge in [-0.3, -0.25) is 4.90 Å². The second kappa shape index (κ2) is 5.41. The number of piperidine rings is 1. The Morgan fingerprint density at radius 3 is 2.39 bits per heavy atom. The molecule has 0 aromatic heterocycles. The minimum Gasteiger partial charge on any atom is -0.328 e. The maximum absolute atomic E-state index is 6.03. The van der Waals surface area contributed by atoms with Crippen molar-refractivity contribution in [2.45, 2.75) is 59.2 Å². The van der Waals surface area contributed by atoms with Crippen LogP contribution >= 0.6 is 0 Å². The van der Waals surface area contributed by atoms with Gasteiger partial charge in [0.15, 0.2) is 0 Å². The molecule has 0 radical (unpaired) electrons. The second-order valence-electron chi connectivity index (χ2n) is 5.98. The van der Waals surface area contributed by atoms with Crippen molar-refractivity contribution < 1.29 is 0 Å². The molecule has 1 heterocycles. The van der Waals surface area contributed by atoms with Gasteiger partial charge in [0.1, 0.15) is 0 Å². The summed E-state index contributed by atoms with van der Waals surface area (Å²) in [6.45, 7) is 11.1. The van der Waals surface area contributed by atoms with E-state index in [2.05, 4.69) is 44.7 Å². The summed E-state index contributed by atoms with van der Waals surface area (Å²) in [5, 5.41) is 0. The van der Waals surface area contributed by atoms with Crippen LogP contribution in [0.15, 0.2) is 12.1 Å². The first-order valence-corrected chi connectivity index (χ1v) is 7.03. The molecule has 0 bridgehead atoms. The lowest BCUT2D eigenvalue weighted by Gasteiger charge is -2.37. The van der Waals surface area contributed by atoms with Gasteiger partial charge in [0, 0.05) is 25.2 Å². The summed E-state index contributed by atoms with van der Waals surface area (Å²) >= 11 is 0. The number of nitrogens with zero attached hydrogens (tertiary/aromatic N) is 1. The third kappa shape index (κ3) is 2.93. The van der Waals surface area contributed by atoms with Crippen molar-refractivity contribution in [2.24, 2.45) is 5.73 Å². The predicted molar refractivity (Wildman–Crippen MR) is 77.7 cm³/mol. The van der Waals surface area contributed by atoms with Gasteiger partial charge >= 0.3 is 0 Å². The Balaban J connectivity index is 2.14. The van der Waals surface area contributed by atoms with E-state index in [0.29, 0.717) is 12.1 Å². The first-order valence-electron chi connectivity index (χ1n) is 7.03. The van der Waals surface area contributed by atoms with Gasteiger partial charge in [-0.25, -0.2) is 0 Å². The van der Waals surface area contributed by atoms with Crippen LogP contribution in [0.25, 0.3) is 0 Å². The quantitative estimate of drug-likeness (QED) is 0.869. The Labute approximate surface area is 111 Å². The Morgan fingerprint density at radius 2 is 1.83 bits per heavy atom. The molecule has 18 heavy (non-hydrogen) atoms. The van der Waals surface area contributed by atoms with Crippen molar-refractivity contribution in [1.82, 2.24) is 4.90 Å². The van der Waals surface area contributed by atoms with Crippen LogP contribution in [-0.2, 0) is 6.54 Å². The average molecular weight is 246 g/mol. The summed E-state index contributed by atoms with van der Waals surface area (Å²) in [4.78, 5) is 2.58. The summed E-state index contributed by atoms with van der Waals surface area (Å²) in [6.07, 6.45) is 2.26. The van der Waals surface area contributed by atoms with E-state index in [-0.39, 0.29) is 0 Å². The molecule has 1 aliphatic rings. The summed E-state index contributed by atoms with van der Waals surface area (Å²) in [6, 6.07) is 5.59. The van der Waals surface area contributed by atoms with Crippen molar-refractivity contribution in [1.29, 1.82) is 0 Å². The monoisotopic (exact) mass is 246 g/mol. The molecule has 100 valence electrons. The molecular formula is C16H26N2. The van der Waals surface area contributed by atoms with Crippen LogP contribution in [0.1, 0.15) is 42.0 Å². The second-order valence-corrected chi connectivity index (χ2v) is 5.98. The van der Waals surface area contributed by atoms with Crippen LogP contribution in [0.2, 0.25) is 0 Å². The third-order valence-electron chi connectivity index (χ3n) is 4.26. The predicted octanol–water partition coefficient (Wildman–Crippen LogP) is 2.92. The van der Waals surface area contributed by atoms with E-state index >= 15 is 0 Å². The summed E-state index contributed by atoms with van der Waals surface area (Å²) < 4.78 is 0. The molecule has 2 heteroatoms. The summed E-state index contributed by atoms with van der Waals surface area (Å²) in [5.74, 6) is 0. The molecule has 0 amide bonds. The van der Waals surface area contributed by atoms with Crippen LogP contribution in [0.5, 0.6) is 0 Å². The number of rotatable bonds is 2. The van der Waals surface area contributed by atoms with Crippen LogP contribution < -0.4 is 5.73 Å². The number of nitrogens with two attached hydrogens (primary N) is 1. The summed E-state index contributed by atoms with van der Waals surface area (Å²) in [5.41, 5.74) is 11.8. The van der Waals surface area contributed by atoms with Crippen molar-refractivity contribution in [2.75, 3.05) is 6.54 Å². The fourth-order valence-corrected chi connectivity index (χ4v) is 3.15. The van der Waals surface area contributed by atoms with Crippen LogP contribution in [0, 0.1) is 20.8 Å². The molecule has 0 saturated carbocycles. The maximum atomic E-state index is 6.03. The molecule has 0 aliphatic carbocycles. The highest BCUT2D eigenvalue weighted by atomic mass is 15.2. The first kappa shape index (κ1) is 13.6. The Hall–Kier alpha value is -0.860. The van der Waals surface area contributed by atoms with E-state index < -0.39 is 0 Å². The third-order valence-corrected chi connectivity index (χ3v) is 4.26. The van der Waals surface area contributed by atoms with Crippen molar-refractivity contribution in [3.63, 3.8) is 0 Å². The highest BCUT2D eigenvalue weighted by molar-refractivity contribution is 5.37. The lowest BCUT2D eigenvalue weighted by atomic mass is 9.95. The Morgan fingerprint density at radius 1 is 1.22 bits per heavy atom. The minimum atomic E-state index is 0.400. The van der Waals surface area contributed by atoms with Crippen LogP contribution in [-0.4, -0.2) is 23.5 Å². The normalized spacial score (nSPS) is 25.4. The Bertz CT molecular complexity index is 402. The van der Waals surface area contributed by atoms with Gasteiger partial charge < -0.3 is 5.73 Å². The van der Waals surface area contributed by atoms with Crippen LogP contribution in [0.3, 0.4) is 0 Å². The average Bonchev–Trinajstić information content (AvgIpc) is 2.25. The van der Waals surface area contributed by atoms with Gasteiger partial charge in [0.25, 0.3) is 0 Å². The standard InChI is InChI=1S/C16H26N2/c1-11-7-12(2)16(13(3)8-11)10-18-6-5-15(17)9-14(18)4/h7-8,14-15H,5-6,9-10,17H2,1-4H3. The van der Waals surface area contributed by atoms with E-state index in [1.165, 1.54) is 22.3 Å². The molecule has 2 nitrogen and oxygen atoms in total. The van der Waals surface area contributed by atoms with Crippen molar-refractivity contribution in [3.8, 4) is 0 Å². The van der Waals surface area contributed by atoms with Gasteiger partial charge in [-0.05, 0) is 57.2 Å². The number of likely N-dealkylation sites (tertiary alicyclic amines) is 1. The lowest BCUT2D eigenvalue weighted by molar-refractivity contribution is 0.139. The molecular weight excluding hydrogens is 220 g/mol. The van der Waals surface area contributed by atoms with Crippen molar-refractivity contribution in [3.05, 3.63) is 34.4 Å². The molecule has 2 N–H and O–H groups in total. The molecule has 2 atom stereocenters. The molecule has 2 unspecified atom stereocenters. The van der Waals surface area contributed by atoms with Gasteiger partial charge in [0.05, 0.1) is 0 Å². The lowest BCUT2D eigenvalue weighted by Crippen LogP contribution is -2.45. The van der Waals surface area contributed by atoms with E-state index in [0.717, 1.165) is 25.9 Å². The smallest absolute Gasteiger partial charge is 0.0241 e. The minimum absolute atomic E-state index is 0.400. The number of aryl methyl sites for hydroxylation is 3. The zero-order valence-corrected chi connectivity index (χ0v) is 12.2. The topological polar surface area (TPSA) is 29.3 Å². The highest BCUT2D eigenvalue weighted by Gasteiger charge is 2.23. The van der Waals surface area contributed by atoms with Gasteiger partial charge in [0.2, 0.25) is 0 Å². The van der Waals surface area contributed by atoms with Gasteiger partial charge in [-0.15, -0.1) is 0 Å². The van der Waals surface area contributed by atoms with Crippen molar-refractivity contribution >= 4 is 0 Å². The molecule has 0 spiro atoms. The molecule has 1 fully saturated rings. The highest BCUT2D eigenvalue weighted by Crippen LogP contribution is 2.23. The van der Waals surface area contributed by atoms with Gasteiger partial charge in [-0.1, -0.05) is 17.7 Å². The van der Waals surface area contributed by atoms with Gasteiger partial charge in [-0.2, -0.15) is 0 Å². The maximum Gasteiger partial charge on any atom is 0.0241 e. The molecule has 1 aliphatic heterocycles. The Kier molecular flexibility index (Phi) is 4.08. The van der Waals surface area contributed by atoms with E-state index in [1.807, 2.05) is 0 Å². The summed E-state index contributed by atoms with van der Waals surface area (Å²) in [7, 11) is 0. The van der Waals surface area contributed by atoms with E-state index in [9.17, 15) is 0 Å². The zero-order valence-electron chi connectivity index (χ0n) is 12.2. The number of hydrogen-bond donors (Lipinski definition) is 1. The molecule has 1 saturated heterocycles. The zero-order chi connectivity index (χ0) is 13.3. The first-order chi connectivity index (χ1) is 8.47. The molecule has 2 rings (SSSR count). The molecule has 1 aromatic carbocycles.